The quantitative estimate of drug-likeness (QED) is 0.815. The number of amides is 1. The predicted molar refractivity (Wildman–Crippen MR) is 89.5 cm³/mol. The van der Waals surface area contributed by atoms with E-state index in [2.05, 4.69) is 5.32 Å². The molecule has 0 spiro atoms. The van der Waals surface area contributed by atoms with Crippen LogP contribution in [0.4, 0.5) is 0 Å². The first-order chi connectivity index (χ1) is 11.5. The van der Waals surface area contributed by atoms with E-state index in [1.807, 2.05) is 6.92 Å². The highest BCUT2D eigenvalue weighted by Gasteiger charge is 2.11. The summed E-state index contributed by atoms with van der Waals surface area (Å²) in [7, 11) is 0. The van der Waals surface area contributed by atoms with E-state index in [4.69, 9.17) is 16.3 Å². The fourth-order valence-corrected chi connectivity index (χ4v) is 2.20. The van der Waals surface area contributed by atoms with Gasteiger partial charge in [-0.15, -0.1) is 0 Å². The van der Waals surface area contributed by atoms with Gasteiger partial charge in [0.1, 0.15) is 5.75 Å². The number of rotatable bonds is 6. The van der Waals surface area contributed by atoms with Crippen molar-refractivity contribution in [3.8, 4) is 5.75 Å². The lowest BCUT2D eigenvalue weighted by atomic mass is 10.1. The number of carbonyl (C=O) groups excluding carboxylic acids is 2. The molecule has 124 valence electrons. The van der Waals surface area contributed by atoms with Gasteiger partial charge in [-0.1, -0.05) is 35.9 Å². The minimum atomic E-state index is -1.50. The number of aliphatic carboxylic acids is 1. The number of hydrogen-bond acceptors (Lipinski definition) is 4. The molecule has 2 aromatic rings. The third-order valence-corrected chi connectivity index (χ3v) is 3.42. The summed E-state index contributed by atoms with van der Waals surface area (Å²) in [5.41, 5.74) is 0.402. The van der Waals surface area contributed by atoms with Gasteiger partial charge in [-0.05, 0) is 42.8 Å². The molecule has 0 atom stereocenters. The van der Waals surface area contributed by atoms with Gasteiger partial charge in [0.25, 0.3) is 5.91 Å². The summed E-state index contributed by atoms with van der Waals surface area (Å²) in [6.45, 7) is 2.40. The van der Waals surface area contributed by atoms with Crippen LogP contribution in [0.2, 0.25) is 5.02 Å². The molecule has 0 aliphatic heterocycles. The Morgan fingerprint density at radius 1 is 1.17 bits per heavy atom. The molecule has 0 unspecified atom stereocenters. The summed E-state index contributed by atoms with van der Waals surface area (Å²) in [4.78, 5) is 23.4. The minimum absolute atomic E-state index is 0.179. The molecule has 0 saturated carbocycles. The summed E-state index contributed by atoms with van der Waals surface area (Å²) in [6, 6.07) is 13.1. The van der Waals surface area contributed by atoms with E-state index in [0.29, 0.717) is 17.9 Å². The lowest BCUT2D eigenvalue weighted by Gasteiger charge is -2.12. The lowest BCUT2D eigenvalue weighted by Crippen LogP contribution is -2.35. The van der Waals surface area contributed by atoms with Gasteiger partial charge in [0.05, 0.1) is 28.9 Å². The summed E-state index contributed by atoms with van der Waals surface area (Å²) in [5, 5.41) is 13.8. The van der Waals surface area contributed by atoms with E-state index in [-0.39, 0.29) is 16.3 Å². The number of nitrogens with one attached hydrogen (secondary N) is 1. The molecule has 0 radical (unpaired) electrons. The number of carbonyl (C=O) groups is 2. The van der Waals surface area contributed by atoms with E-state index in [1.165, 1.54) is 12.1 Å². The summed E-state index contributed by atoms with van der Waals surface area (Å²) >= 11 is 5.93. The summed E-state index contributed by atoms with van der Waals surface area (Å²) < 4.78 is 5.32. The van der Waals surface area contributed by atoms with Gasteiger partial charge in [-0.25, -0.2) is 0 Å². The van der Waals surface area contributed by atoms with Crippen LogP contribution in [0.25, 0.3) is 6.08 Å². The van der Waals surface area contributed by atoms with E-state index in [9.17, 15) is 14.7 Å². The van der Waals surface area contributed by atoms with Gasteiger partial charge < -0.3 is 20.0 Å². The standard InChI is InChI=1S/C18H16ClNO4/c1-2-24-13-9-7-12(8-10-13)11-16(18(22)23)20-17(21)14-5-3-4-6-15(14)19/h3-11H,2H2,1H3,(H,20,21)(H,22,23)/p-1/b16-11-. The van der Waals surface area contributed by atoms with Crippen molar-refractivity contribution >= 4 is 29.6 Å². The first-order valence-corrected chi connectivity index (χ1v) is 7.61. The number of ether oxygens (including phenoxy) is 1. The fourth-order valence-electron chi connectivity index (χ4n) is 1.97. The molecule has 0 aliphatic carbocycles. The molecule has 0 heterocycles. The summed E-state index contributed by atoms with van der Waals surface area (Å²) in [6.07, 6.45) is 1.31. The topological polar surface area (TPSA) is 78.5 Å². The molecule has 0 aromatic heterocycles. The number of halogens is 1. The van der Waals surface area contributed by atoms with Crippen LogP contribution in [-0.2, 0) is 4.79 Å². The fraction of sp³-hybridized carbons (Fsp3) is 0.111. The molecule has 0 aliphatic rings. The Hall–Kier alpha value is -2.79. The average molecular weight is 345 g/mol. The Bertz CT molecular complexity index is 769. The molecule has 1 amide bonds. The third kappa shape index (κ3) is 4.60. The predicted octanol–water partition coefficient (Wildman–Crippen LogP) is 2.26. The van der Waals surface area contributed by atoms with Crippen molar-refractivity contribution in [1.29, 1.82) is 0 Å². The molecule has 1 N–H and O–H groups in total. The van der Waals surface area contributed by atoms with Gasteiger partial charge in [-0.2, -0.15) is 0 Å². The van der Waals surface area contributed by atoms with Crippen LogP contribution in [0, 0.1) is 0 Å². The first-order valence-electron chi connectivity index (χ1n) is 7.23. The number of benzene rings is 2. The van der Waals surface area contributed by atoms with Crippen molar-refractivity contribution in [3.63, 3.8) is 0 Å². The van der Waals surface area contributed by atoms with Gasteiger partial charge >= 0.3 is 0 Å². The molecule has 6 heteroatoms. The molecule has 2 rings (SSSR count). The van der Waals surface area contributed by atoms with Crippen LogP contribution < -0.4 is 15.2 Å². The zero-order valence-electron chi connectivity index (χ0n) is 12.9. The Kier molecular flexibility index (Phi) is 5.98. The lowest BCUT2D eigenvalue weighted by molar-refractivity contribution is -0.299. The van der Waals surface area contributed by atoms with Crippen LogP contribution >= 0.6 is 11.6 Å². The Balaban J connectivity index is 2.21. The normalized spacial score (nSPS) is 11.0. The molecular weight excluding hydrogens is 330 g/mol. The van der Waals surface area contributed by atoms with Gasteiger partial charge in [-0.3, -0.25) is 4.79 Å². The highest BCUT2D eigenvalue weighted by Crippen LogP contribution is 2.16. The monoisotopic (exact) mass is 344 g/mol. The molecule has 0 saturated heterocycles. The zero-order chi connectivity index (χ0) is 17.5. The Morgan fingerprint density at radius 3 is 2.42 bits per heavy atom. The molecule has 24 heavy (non-hydrogen) atoms. The van der Waals surface area contributed by atoms with Gasteiger partial charge in [0.15, 0.2) is 0 Å². The van der Waals surface area contributed by atoms with Gasteiger partial charge in [0.2, 0.25) is 0 Å². The molecular formula is C18H15ClNO4-. The molecule has 2 aromatic carbocycles. The van der Waals surface area contributed by atoms with E-state index >= 15 is 0 Å². The SMILES string of the molecule is CCOc1ccc(/C=C(\NC(=O)c2ccccc2Cl)C(=O)[O-])cc1. The van der Waals surface area contributed by atoms with E-state index < -0.39 is 11.9 Å². The van der Waals surface area contributed by atoms with Crippen molar-refractivity contribution in [1.82, 2.24) is 5.32 Å². The Labute approximate surface area is 144 Å². The van der Waals surface area contributed by atoms with Crippen LogP contribution in [0.1, 0.15) is 22.8 Å². The smallest absolute Gasteiger partial charge is 0.257 e. The maximum absolute atomic E-state index is 12.2. The van der Waals surface area contributed by atoms with Gasteiger partial charge in [0, 0.05) is 0 Å². The zero-order valence-corrected chi connectivity index (χ0v) is 13.7. The maximum Gasteiger partial charge on any atom is 0.257 e. The molecule has 5 nitrogen and oxygen atoms in total. The van der Waals surface area contributed by atoms with Crippen molar-refractivity contribution < 1.29 is 19.4 Å². The van der Waals surface area contributed by atoms with E-state index in [1.54, 1.807) is 42.5 Å². The largest absolute Gasteiger partial charge is 0.543 e. The molecule has 0 bridgehead atoms. The van der Waals surface area contributed by atoms with Crippen LogP contribution in [0.5, 0.6) is 5.75 Å². The molecule has 0 fully saturated rings. The Morgan fingerprint density at radius 2 is 1.83 bits per heavy atom. The maximum atomic E-state index is 12.2. The van der Waals surface area contributed by atoms with Crippen LogP contribution in [-0.4, -0.2) is 18.5 Å². The summed E-state index contributed by atoms with van der Waals surface area (Å²) in [5.74, 6) is -1.45. The number of carboxylic acid groups (broad SMARTS) is 1. The second kappa shape index (κ2) is 8.17. The first kappa shape index (κ1) is 17.6. The third-order valence-electron chi connectivity index (χ3n) is 3.09. The van der Waals surface area contributed by atoms with Crippen molar-refractivity contribution in [2.45, 2.75) is 6.92 Å². The van der Waals surface area contributed by atoms with Crippen LogP contribution in [0.15, 0.2) is 54.2 Å². The minimum Gasteiger partial charge on any atom is -0.543 e. The van der Waals surface area contributed by atoms with Crippen LogP contribution in [0.3, 0.4) is 0 Å². The van der Waals surface area contributed by atoms with E-state index in [0.717, 1.165) is 0 Å². The van der Waals surface area contributed by atoms with Crippen molar-refractivity contribution in [2.75, 3.05) is 6.61 Å². The number of carboxylic acids is 1. The average Bonchev–Trinajstić information content (AvgIpc) is 2.56. The second-order valence-electron chi connectivity index (χ2n) is 4.78. The second-order valence-corrected chi connectivity index (χ2v) is 5.19. The van der Waals surface area contributed by atoms with Crippen molar-refractivity contribution in [2.24, 2.45) is 0 Å². The van der Waals surface area contributed by atoms with Crippen molar-refractivity contribution in [3.05, 3.63) is 70.4 Å². The highest BCUT2D eigenvalue weighted by atomic mass is 35.5. The number of hydrogen-bond donors (Lipinski definition) is 1. The highest BCUT2D eigenvalue weighted by molar-refractivity contribution is 6.34.